The number of halogens is 1. The first kappa shape index (κ1) is 23.8. The van der Waals surface area contributed by atoms with Crippen molar-refractivity contribution in [3.05, 3.63) is 105 Å². The van der Waals surface area contributed by atoms with Gasteiger partial charge in [-0.25, -0.2) is 4.90 Å². The van der Waals surface area contributed by atoms with Gasteiger partial charge in [-0.2, -0.15) is 5.10 Å². The first-order chi connectivity index (χ1) is 19.4. The van der Waals surface area contributed by atoms with Gasteiger partial charge in [0.15, 0.2) is 0 Å². The van der Waals surface area contributed by atoms with Crippen molar-refractivity contribution in [3.63, 3.8) is 0 Å². The normalized spacial score (nSPS) is 28.4. The number of hydrogen-bond acceptors (Lipinski definition) is 7. The zero-order valence-electron chi connectivity index (χ0n) is 21.2. The second-order valence-corrected chi connectivity index (χ2v) is 11.7. The van der Waals surface area contributed by atoms with E-state index in [1.54, 1.807) is 24.3 Å². The minimum absolute atomic E-state index is 0.204. The lowest BCUT2D eigenvalue weighted by atomic mass is 9.70. The van der Waals surface area contributed by atoms with Gasteiger partial charge < -0.3 is 9.15 Å². The number of ether oxygens (including phenoxy) is 1. The van der Waals surface area contributed by atoms with Gasteiger partial charge in [-0.15, -0.1) is 0 Å². The second kappa shape index (κ2) is 8.46. The number of hydrogen-bond donors (Lipinski definition) is 0. The third kappa shape index (κ3) is 3.16. The van der Waals surface area contributed by atoms with E-state index < -0.39 is 30.0 Å². The lowest BCUT2D eigenvalue weighted by molar-refractivity contribution is -0.125. The van der Waals surface area contributed by atoms with Crippen LogP contribution in [0, 0.1) is 24.7 Å². The van der Waals surface area contributed by atoms with E-state index in [1.165, 1.54) is 11.2 Å². The van der Waals surface area contributed by atoms with Crippen LogP contribution >= 0.6 is 15.9 Å². The second-order valence-electron chi connectivity index (χ2n) is 10.8. The van der Waals surface area contributed by atoms with Crippen LogP contribution in [0.1, 0.15) is 11.1 Å². The predicted octanol–water partition coefficient (Wildman–Crippen LogP) is 4.66. The highest BCUT2D eigenvalue weighted by Gasteiger charge is 2.72. The first-order valence-corrected chi connectivity index (χ1v) is 14.0. The fourth-order valence-electron chi connectivity index (χ4n) is 6.88. The first-order valence-electron chi connectivity index (χ1n) is 13.2. The zero-order valence-corrected chi connectivity index (χ0v) is 22.8. The van der Waals surface area contributed by atoms with Gasteiger partial charge in [-0.1, -0.05) is 51.8 Å². The van der Waals surface area contributed by atoms with Crippen molar-refractivity contribution in [1.82, 2.24) is 0 Å². The van der Waals surface area contributed by atoms with Crippen molar-refractivity contribution in [1.29, 1.82) is 0 Å². The Morgan fingerprint density at radius 3 is 2.30 bits per heavy atom. The van der Waals surface area contributed by atoms with Gasteiger partial charge in [0.2, 0.25) is 17.2 Å². The van der Waals surface area contributed by atoms with E-state index in [0.717, 1.165) is 15.7 Å². The minimum Gasteiger partial charge on any atom is -0.463 e. The molecule has 0 radical (unpaired) electrons. The lowest BCUT2D eigenvalue weighted by Crippen LogP contribution is -2.50. The van der Waals surface area contributed by atoms with Gasteiger partial charge in [-0.3, -0.25) is 19.4 Å². The minimum atomic E-state index is -0.650. The predicted molar refractivity (Wildman–Crippen MR) is 152 cm³/mol. The van der Waals surface area contributed by atoms with Crippen molar-refractivity contribution >= 4 is 55.8 Å². The third-order valence-electron chi connectivity index (χ3n) is 8.62. The van der Waals surface area contributed by atoms with Crippen LogP contribution in [0.3, 0.4) is 0 Å². The van der Waals surface area contributed by atoms with Gasteiger partial charge >= 0.3 is 0 Å². The highest BCUT2D eigenvalue weighted by Crippen LogP contribution is 2.56. The molecule has 0 spiro atoms. The van der Waals surface area contributed by atoms with Crippen LogP contribution in [0.4, 0.5) is 11.4 Å². The van der Waals surface area contributed by atoms with Crippen LogP contribution in [0.15, 0.2) is 97.8 Å². The van der Waals surface area contributed by atoms with Crippen molar-refractivity contribution in [2.45, 2.75) is 25.2 Å². The number of carbonyl (C=O) groups is 2. The summed E-state index contributed by atoms with van der Waals surface area (Å²) in [6, 6.07) is 22.0. The molecule has 0 aliphatic carbocycles. The summed E-state index contributed by atoms with van der Waals surface area (Å²) in [4.78, 5) is 42.7. The van der Waals surface area contributed by atoms with E-state index in [1.807, 2.05) is 60.5 Å². The van der Waals surface area contributed by atoms with Gasteiger partial charge in [0.25, 0.3) is 0 Å². The van der Waals surface area contributed by atoms with Crippen LogP contribution < -0.4 is 15.3 Å². The number of benzene rings is 3. The number of nitrogens with zero attached hydrogens (tertiary/aromatic N) is 3. The maximum Gasteiger partial charge on any atom is 0.240 e. The SMILES string of the molecule is Cc1ccc(N2C(=O)C3C4OC(C3C2=O)C2C4C(c3coc4ccc(Br)cc4c3=O)=NN2c2ccccc2)cc1. The molecule has 9 heteroatoms. The van der Waals surface area contributed by atoms with Gasteiger partial charge in [0.05, 0.1) is 64.0 Å². The molecule has 4 aromatic rings. The van der Waals surface area contributed by atoms with Crippen molar-refractivity contribution < 1.29 is 18.7 Å². The van der Waals surface area contributed by atoms with E-state index in [2.05, 4.69) is 15.9 Å². The Morgan fingerprint density at radius 1 is 0.825 bits per heavy atom. The summed E-state index contributed by atoms with van der Waals surface area (Å²) < 4.78 is 13.1. The van der Waals surface area contributed by atoms with Crippen molar-refractivity contribution in [2.24, 2.45) is 22.9 Å². The van der Waals surface area contributed by atoms with Crippen molar-refractivity contribution in [3.8, 4) is 0 Å². The molecule has 198 valence electrons. The molecule has 6 atom stereocenters. The summed E-state index contributed by atoms with van der Waals surface area (Å²) in [6.45, 7) is 1.96. The molecule has 4 aliphatic rings. The lowest BCUT2D eigenvalue weighted by Gasteiger charge is -2.32. The summed E-state index contributed by atoms with van der Waals surface area (Å²) in [5, 5.41) is 7.26. The van der Waals surface area contributed by atoms with E-state index in [9.17, 15) is 14.4 Å². The van der Waals surface area contributed by atoms with E-state index in [-0.39, 0.29) is 23.3 Å². The molecule has 3 saturated heterocycles. The molecule has 3 aromatic carbocycles. The summed E-state index contributed by atoms with van der Waals surface area (Å²) in [7, 11) is 0. The monoisotopic (exact) mass is 595 g/mol. The molecule has 2 bridgehead atoms. The van der Waals surface area contributed by atoms with Gasteiger partial charge in [-0.05, 0) is 49.4 Å². The number of fused-ring (bicyclic) bond motifs is 9. The maximum atomic E-state index is 13.8. The van der Waals surface area contributed by atoms with E-state index in [0.29, 0.717) is 27.9 Å². The number of rotatable bonds is 3. The Morgan fingerprint density at radius 2 is 1.55 bits per heavy atom. The molecule has 8 rings (SSSR count). The smallest absolute Gasteiger partial charge is 0.240 e. The van der Waals surface area contributed by atoms with Gasteiger partial charge in [0.1, 0.15) is 11.8 Å². The molecule has 2 amide bonds. The molecule has 6 unspecified atom stereocenters. The Bertz CT molecular complexity index is 1820. The molecule has 4 aliphatic heterocycles. The molecule has 40 heavy (non-hydrogen) atoms. The van der Waals surface area contributed by atoms with E-state index >= 15 is 0 Å². The topological polar surface area (TPSA) is 92.4 Å². The molecule has 0 N–H and O–H groups in total. The average molecular weight is 596 g/mol. The molecular weight excluding hydrogens is 574 g/mol. The molecular formula is C31H22BrN3O5. The Kier molecular flexibility index (Phi) is 5.03. The molecule has 1 aromatic heterocycles. The van der Waals surface area contributed by atoms with Crippen LogP contribution in [0.25, 0.3) is 11.0 Å². The highest BCUT2D eigenvalue weighted by atomic mass is 79.9. The summed E-state index contributed by atoms with van der Waals surface area (Å²) in [6.07, 6.45) is 0.291. The standard InChI is InChI=1S/C31H22BrN3O5/c1-15-7-10-17(11-8-15)34-30(37)22-23(31(34)38)29-26-24(28(22)40-29)25(33-35(26)18-5-3-2-4-6-18)20-14-39-21-12-9-16(32)13-19(21)27(20)36/h2-14,22-24,26,28-29H,1H3. The fraction of sp³-hybridized carbons (Fsp3) is 0.226. The van der Waals surface area contributed by atoms with Gasteiger partial charge in [0, 0.05) is 4.47 Å². The largest absolute Gasteiger partial charge is 0.463 e. The molecule has 8 nitrogen and oxygen atoms in total. The Balaban J connectivity index is 1.26. The maximum absolute atomic E-state index is 13.8. The number of amides is 2. The molecule has 5 heterocycles. The number of aryl methyl sites for hydroxylation is 1. The van der Waals surface area contributed by atoms with Crippen LogP contribution in [0.2, 0.25) is 0 Å². The Hall–Kier alpha value is -4.08. The quantitative estimate of drug-likeness (QED) is 0.320. The number of para-hydroxylation sites is 1. The third-order valence-corrected chi connectivity index (χ3v) is 9.11. The average Bonchev–Trinajstić information content (AvgIpc) is 3.70. The zero-order chi connectivity index (χ0) is 27.3. The number of anilines is 2. The highest BCUT2D eigenvalue weighted by molar-refractivity contribution is 9.10. The summed E-state index contributed by atoms with van der Waals surface area (Å²) in [5.74, 6) is -2.18. The molecule has 0 saturated carbocycles. The van der Waals surface area contributed by atoms with Crippen LogP contribution in [-0.2, 0) is 14.3 Å². The Labute approximate surface area is 237 Å². The van der Waals surface area contributed by atoms with Crippen molar-refractivity contribution in [2.75, 3.05) is 9.91 Å². The number of hydrazone groups is 1. The summed E-state index contributed by atoms with van der Waals surface area (Å²) in [5.41, 5.74) is 3.55. The summed E-state index contributed by atoms with van der Waals surface area (Å²) >= 11 is 3.45. The van der Waals surface area contributed by atoms with Crippen LogP contribution in [0.5, 0.6) is 0 Å². The molecule has 3 fully saturated rings. The van der Waals surface area contributed by atoms with E-state index in [4.69, 9.17) is 14.3 Å². The fourth-order valence-corrected chi connectivity index (χ4v) is 7.25. The number of carbonyl (C=O) groups excluding carboxylic acids is 2. The van der Waals surface area contributed by atoms with Crippen LogP contribution in [-0.4, -0.2) is 35.8 Å². The number of imide groups is 1.